The van der Waals surface area contributed by atoms with Crippen molar-refractivity contribution < 1.29 is 9.90 Å². The van der Waals surface area contributed by atoms with E-state index in [1.807, 2.05) is 6.92 Å². The van der Waals surface area contributed by atoms with Crippen molar-refractivity contribution in [3.05, 3.63) is 28.5 Å². The van der Waals surface area contributed by atoms with Gasteiger partial charge in [-0.05, 0) is 25.5 Å². The van der Waals surface area contributed by atoms with Crippen LogP contribution in [0.15, 0.2) is 18.3 Å². The van der Waals surface area contributed by atoms with Crippen LogP contribution in [0.5, 0.6) is 0 Å². The van der Waals surface area contributed by atoms with Crippen molar-refractivity contribution in [2.24, 2.45) is 0 Å². The molecule has 0 aromatic carbocycles. The van der Waals surface area contributed by atoms with Crippen LogP contribution in [-0.4, -0.2) is 28.6 Å². The highest BCUT2D eigenvalue weighted by Crippen LogP contribution is 2.00. The molecule has 0 spiro atoms. The van der Waals surface area contributed by atoms with Gasteiger partial charge in [0.05, 0.1) is 5.56 Å². The second-order valence-corrected chi connectivity index (χ2v) is 3.71. The fourth-order valence-electron chi connectivity index (χ4n) is 1.17. The molecule has 1 aromatic rings. The summed E-state index contributed by atoms with van der Waals surface area (Å²) in [5.41, 5.74) is 0.456. The monoisotopic (exact) mass is 226 g/mol. The first-order valence-electron chi connectivity index (χ1n) is 4.74. The second-order valence-electron chi connectivity index (χ2n) is 3.30. The molecule has 1 atom stereocenters. The van der Waals surface area contributed by atoms with Gasteiger partial charge in [0.1, 0.15) is 4.64 Å². The lowest BCUT2D eigenvalue weighted by molar-refractivity contribution is 0.0933. The predicted octanol–water partition coefficient (Wildman–Crippen LogP) is 1.24. The molecular weight excluding hydrogens is 212 g/mol. The Bertz CT molecular complexity index is 389. The minimum atomic E-state index is -0.210. The van der Waals surface area contributed by atoms with Crippen LogP contribution < -0.4 is 5.32 Å². The molecule has 1 aromatic heterocycles. The fourth-order valence-corrected chi connectivity index (χ4v) is 1.40. The lowest BCUT2D eigenvalue weighted by Crippen LogP contribution is -2.33. The second kappa shape index (κ2) is 5.63. The number of H-pyrrole nitrogens is 1. The normalized spacial score (nSPS) is 12.1. The Morgan fingerprint density at radius 2 is 2.47 bits per heavy atom. The number of nitrogens with one attached hydrogen (secondary N) is 2. The summed E-state index contributed by atoms with van der Waals surface area (Å²) in [5.74, 6) is -0.210. The van der Waals surface area contributed by atoms with Crippen molar-refractivity contribution in [1.82, 2.24) is 10.3 Å². The first-order valence-corrected chi connectivity index (χ1v) is 5.15. The van der Waals surface area contributed by atoms with Gasteiger partial charge >= 0.3 is 0 Å². The number of pyridine rings is 1. The van der Waals surface area contributed by atoms with Crippen molar-refractivity contribution in [1.29, 1.82) is 0 Å². The molecule has 3 N–H and O–H groups in total. The van der Waals surface area contributed by atoms with E-state index >= 15 is 0 Å². The van der Waals surface area contributed by atoms with Crippen LogP contribution in [0.3, 0.4) is 0 Å². The van der Waals surface area contributed by atoms with E-state index in [0.29, 0.717) is 16.6 Å². The van der Waals surface area contributed by atoms with Crippen molar-refractivity contribution >= 4 is 18.1 Å². The standard InChI is InChI=1S/C10H14N2O2S/c1-7(4-6-13)12-9(14)8-3-2-5-11-10(8)15/h2-3,5,7,13H,4,6H2,1H3,(H,11,15)(H,12,14)/t7-/m0/s1. The third kappa shape index (κ3) is 3.45. The Labute approximate surface area is 93.3 Å². The Morgan fingerprint density at radius 3 is 3.07 bits per heavy atom. The van der Waals surface area contributed by atoms with E-state index in [1.165, 1.54) is 0 Å². The molecule has 1 rings (SSSR count). The quantitative estimate of drug-likeness (QED) is 0.677. The van der Waals surface area contributed by atoms with Gasteiger partial charge in [0.15, 0.2) is 0 Å². The molecule has 15 heavy (non-hydrogen) atoms. The molecule has 82 valence electrons. The van der Waals surface area contributed by atoms with Crippen LogP contribution >= 0.6 is 12.2 Å². The van der Waals surface area contributed by atoms with Gasteiger partial charge < -0.3 is 15.4 Å². The molecule has 0 saturated carbocycles. The summed E-state index contributed by atoms with van der Waals surface area (Å²) >= 11 is 4.98. The maximum Gasteiger partial charge on any atom is 0.254 e. The van der Waals surface area contributed by atoms with Crippen molar-refractivity contribution in [3.8, 4) is 0 Å². The van der Waals surface area contributed by atoms with Crippen LogP contribution in [0.25, 0.3) is 0 Å². The number of hydrogen-bond donors (Lipinski definition) is 3. The van der Waals surface area contributed by atoms with Gasteiger partial charge in [-0.2, -0.15) is 0 Å². The molecule has 4 nitrogen and oxygen atoms in total. The van der Waals surface area contributed by atoms with Crippen molar-refractivity contribution in [2.75, 3.05) is 6.61 Å². The van der Waals surface area contributed by atoms with E-state index in [4.69, 9.17) is 17.3 Å². The first kappa shape index (κ1) is 11.9. The number of aliphatic hydroxyl groups excluding tert-OH is 1. The first-order chi connectivity index (χ1) is 7.15. The Morgan fingerprint density at radius 1 is 1.73 bits per heavy atom. The van der Waals surface area contributed by atoms with Crippen LogP contribution in [0.1, 0.15) is 23.7 Å². The van der Waals surface area contributed by atoms with Gasteiger partial charge in [-0.1, -0.05) is 12.2 Å². The number of aliphatic hydroxyl groups is 1. The van der Waals surface area contributed by atoms with Crippen molar-refractivity contribution in [2.45, 2.75) is 19.4 Å². The smallest absolute Gasteiger partial charge is 0.254 e. The van der Waals surface area contributed by atoms with Crippen molar-refractivity contribution in [3.63, 3.8) is 0 Å². The summed E-state index contributed by atoms with van der Waals surface area (Å²) < 4.78 is 0.422. The number of aromatic amines is 1. The van der Waals surface area contributed by atoms with Crippen LogP contribution in [0.4, 0.5) is 0 Å². The summed E-state index contributed by atoms with van der Waals surface area (Å²) in [6.07, 6.45) is 2.21. The third-order valence-corrected chi connectivity index (χ3v) is 2.34. The van der Waals surface area contributed by atoms with Gasteiger partial charge in [0, 0.05) is 18.8 Å². The van der Waals surface area contributed by atoms with Crippen LogP contribution in [0.2, 0.25) is 0 Å². The number of rotatable bonds is 4. The molecule has 0 aliphatic carbocycles. The highest BCUT2D eigenvalue weighted by atomic mass is 32.1. The number of amides is 1. The molecule has 5 heteroatoms. The van der Waals surface area contributed by atoms with E-state index < -0.39 is 0 Å². The third-order valence-electron chi connectivity index (χ3n) is 2.00. The topological polar surface area (TPSA) is 65.1 Å². The van der Waals surface area contributed by atoms with Gasteiger partial charge in [-0.25, -0.2) is 0 Å². The highest BCUT2D eigenvalue weighted by Gasteiger charge is 2.10. The van der Waals surface area contributed by atoms with E-state index in [-0.39, 0.29) is 18.6 Å². The Balaban J connectivity index is 2.70. The summed E-state index contributed by atoms with van der Waals surface area (Å²) in [5, 5.41) is 11.4. The summed E-state index contributed by atoms with van der Waals surface area (Å²) in [6.45, 7) is 1.90. The van der Waals surface area contributed by atoms with E-state index in [9.17, 15) is 4.79 Å². The fraction of sp³-hybridized carbons (Fsp3) is 0.400. The van der Waals surface area contributed by atoms with E-state index in [1.54, 1.807) is 18.3 Å². The van der Waals surface area contributed by atoms with Gasteiger partial charge in [0.2, 0.25) is 0 Å². The molecule has 0 aliphatic heterocycles. The lowest BCUT2D eigenvalue weighted by Gasteiger charge is -2.12. The molecule has 0 saturated heterocycles. The zero-order valence-electron chi connectivity index (χ0n) is 8.49. The van der Waals surface area contributed by atoms with Crippen LogP contribution in [0, 0.1) is 4.64 Å². The number of aromatic nitrogens is 1. The molecule has 0 fully saturated rings. The van der Waals surface area contributed by atoms with E-state index in [0.717, 1.165) is 0 Å². The maximum absolute atomic E-state index is 11.7. The maximum atomic E-state index is 11.7. The molecule has 1 amide bonds. The average molecular weight is 226 g/mol. The minimum absolute atomic E-state index is 0.0582. The lowest BCUT2D eigenvalue weighted by atomic mass is 10.2. The van der Waals surface area contributed by atoms with E-state index in [2.05, 4.69) is 10.3 Å². The molecule has 1 heterocycles. The largest absolute Gasteiger partial charge is 0.396 e. The highest BCUT2D eigenvalue weighted by molar-refractivity contribution is 7.71. The van der Waals surface area contributed by atoms with Gasteiger partial charge in [-0.3, -0.25) is 4.79 Å². The average Bonchev–Trinajstić information content (AvgIpc) is 2.18. The molecular formula is C10H14N2O2S. The molecule has 0 bridgehead atoms. The van der Waals surface area contributed by atoms with Gasteiger partial charge in [0.25, 0.3) is 5.91 Å². The zero-order chi connectivity index (χ0) is 11.3. The number of hydrogen-bond acceptors (Lipinski definition) is 3. The number of carbonyl (C=O) groups is 1. The van der Waals surface area contributed by atoms with Crippen LogP contribution in [-0.2, 0) is 0 Å². The number of carbonyl (C=O) groups excluding carboxylic acids is 1. The Kier molecular flexibility index (Phi) is 4.45. The predicted molar refractivity (Wildman–Crippen MR) is 60.3 cm³/mol. The zero-order valence-corrected chi connectivity index (χ0v) is 9.30. The molecule has 0 radical (unpaired) electrons. The minimum Gasteiger partial charge on any atom is -0.396 e. The van der Waals surface area contributed by atoms with Gasteiger partial charge in [-0.15, -0.1) is 0 Å². The Hall–Kier alpha value is -1.20. The SMILES string of the molecule is C[C@@H](CCO)NC(=O)c1ccc[nH]c1=S. The molecule has 0 aliphatic rings. The molecule has 0 unspecified atom stereocenters. The summed E-state index contributed by atoms with van der Waals surface area (Å²) in [4.78, 5) is 14.5. The summed E-state index contributed by atoms with van der Waals surface area (Å²) in [6, 6.07) is 3.33. The summed E-state index contributed by atoms with van der Waals surface area (Å²) in [7, 11) is 0.